The zero-order chi connectivity index (χ0) is 13.6. The van der Waals surface area contributed by atoms with Crippen molar-refractivity contribution in [1.82, 2.24) is 15.4 Å². The second kappa shape index (κ2) is 6.88. The van der Waals surface area contributed by atoms with Gasteiger partial charge in [0.2, 0.25) is 0 Å². The van der Waals surface area contributed by atoms with E-state index in [-0.39, 0.29) is 6.42 Å². The van der Waals surface area contributed by atoms with Gasteiger partial charge in [-0.25, -0.2) is 5.84 Å². The van der Waals surface area contributed by atoms with Crippen molar-refractivity contribution in [1.29, 1.82) is 0 Å². The van der Waals surface area contributed by atoms with Gasteiger partial charge in [-0.15, -0.1) is 0 Å². The highest BCUT2D eigenvalue weighted by atomic mass is 19.4. The van der Waals surface area contributed by atoms with Crippen molar-refractivity contribution in [2.75, 3.05) is 39.3 Å². The minimum Gasteiger partial charge on any atom is -0.356 e. The van der Waals surface area contributed by atoms with E-state index in [1.165, 1.54) is 4.90 Å². The van der Waals surface area contributed by atoms with E-state index in [2.05, 4.69) is 4.84 Å². The van der Waals surface area contributed by atoms with E-state index in [1.54, 1.807) is 5.59 Å². The van der Waals surface area contributed by atoms with Crippen LogP contribution in [0.2, 0.25) is 0 Å². The summed E-state index contributed by atoms with van der Waals surface area (Å²) in [5, 5.41) is 0. The summed E-state index contributed by atoms with van der Waals surface area (Å²) in [6.45, 7) is 1.31. The van der Waals surface area contributed by atoms with Crippen LogP contribution in [0.3, 0.4) is 0 Å². The number of carbonyl (C=O) groups is 1. The monoisotopic (exact) mass is 270 g/mol. The molecule has 0 amide bonds. The van der Waals surface area contributed by atoms with E-state index in [1.807, 2.05) is 4.90 Å². The number of piperazine rings is 1. The molecule has 0 unspecified atom stereocenters. The number of alkyl halides is 3. The molecule has 9 heteroatoms. The van der Waals surface area contributed by atoms with Gasteiger partial charge in [-0.05, 0) is 0 Å². The van der Waals surface area contributed by atoms with Crippen LogP contribution in [0.15, 0.2) is 0 Å². The van der Waals surface area contributed by atoms with Crippen LogP contribution < -0.4 is 11.4 Å². The maximum absolute atomic E-state index is 12.1. The Balaban J connectivity index is 2.17. The predicted octanol–water partition coefficient (Wildman–Crippen LogP) is -0.522. The molecule has 0 aliphatic carbocycles. The van der Waals surface area contributed by atoms with Gasteiger partial charge in [0.25, 0.3) is 0 Å². The van der Waals surface area contributed by atoms with Crippen LogP contribution in [0.1, 0.15) is 6.42 Å². The molecule has 1 aliphatic rings. The van der Waals surface area contributed by atoms with Crippen LogP contribution in [-0.4, -0.2) is 61.2 Å². The lowest BCUT2D eigenvalue weighted by Gasteiger charge is -2.34. The molecule has 1 heterocycles. The third kappa shape index (κ3) is 6.15. The lowest BCUT2D eigenvalue weighted by Crippen LogP contribution is -2.49. The van der Waals surface area contributed by atoms with Crippen LogP contribution in [0.4, 0.5) is 13.2 Å². The quantitative estimate of drug-likeness (QED) is 0.517. The SMILES string of the molecule is NNOC(=O)CCN1CCN(CC(F)(F)F)CC1. The molecule has 1 saturated heterocycles. The third-order valence-electron chi connectivity index (χ3n) is 2.67. The van der Waals surface area contributed by atoms with Crippen molar-refractivity contribution >= 4 is 5.97 Å². The molecule has 18 heavy (non-hydrogen) atoms. The Morgan fingerprint density at radius 2 is 1.78 bits per heavy atom. The molecule has 106 valence electrons. The number of hydrogen-bond acceptors (Lipinski definition) is 6. The van der Waals surface area contributed by atoms with Gasteiger partial charge in [-0.3, -0.25) is 9.69 Å². The van der Waals surface area contributed by atoms with Gasteiger partial charge in [0.15, 0.2) is 0 Å². The fourth-order valence-corrected chi connectivity index (χ4v) is 1.79. The molecule has 1 aliphatic heterocycles. The zero-order valence-electron chi connectivity index (χ0n) is 9.87. The van der Waals surface area contributed by atoms with Crippen molar-refractivity contribution in [3.63, 3.8) is 0 Å². The molecule has 0 aromatic heterocycles. The Morgan fingerprint density at radius 1 is 1.22 bits per heavy atom. The highest BCUT2D eigenvalue weighted by Gasteiger charge is 2.32. The number of rotatable bonds is 5. The van der Waals surface area contributed by atoms with Crippen LogP contribution >= 0.6 is 0 Å². The molecule has 0 radical (unpaired) electrons. The predicted molar refractivity (Wildman–Crippen MR) is 57.0 cm³/mol. The summed E-state index contributed by atoms with van der Waals surface area (Å²) >= 11 is 0. The van der Waals surface area contributed by atoms with Gasteiger partial charge in [0, 0.05) is 32.7 Å². The fourth-order valence-electron chi connectivity index (χ4n) is 1.79. The smallest absolute Gasteiger partial charge is 0.356 e. The van der Waals surface area contributed by atoms with Crippen LogP contribution in [0.5, 0.6) is 0 Å². The van der Waals surface area contributed by atoms with Crippen molar-refractivity contribution in [2.24, 2.45) is 5.84 Å². The average molecular weight is 270 g/mol. The summed E-state index contributed by atoms with van der Waals surface area (Å²) in [6, 6.07) is 0. The van der Waals surface area contributed by atoms with Crippen LogP contribution in [0, 0.1) is 0 Å². The van der Waals surface area contributed by atoms with E-state index in [0.29, 0.717) is 32.7 Å². The lowest BCUT2D eigenvalue weighted by molar-refractivity contribution is -0.152. The zero-order valence-corrected chi connectivity index (χ0v) is 9.87. The van der Waals surface area contributed by atoms with Gasteiger partial charge in [-0.2, -0.15) is 13.2 Å². The number of carbonyl (C=O) groups excluding carboxylic acids is 1. The minimum atomic E-state index is -4.15. The van der Waals surface area contributed by atoms with Gasteiger partial charge in [0.1, 0.15) is 0 Å². The maximum Gasteiger partial charge on any atom is 0.401 e. The molecule has 0 spiro atoms. The molecular formula is C9H17F3N4O2. The molecule has 0 saturated carbocycles. The first kappa shape index (κ1) is 15.2. The second-order valence-corrected chi connectivity index (χ2v) is 4.07. The summed E-state index contributed by atoms with van der Waals surface area (Å²) in [4.78, 5) is 18.6. The van der Waals surface area contributed by atoms with E-state index >= 15 is 0 Å². The Hall–Kier alpha value is -0.900. The molecular weight excluding hydrogens is 253 g/mol. The Labute approximate surface area is 103 Å². The first-order chi connectivity index (χ1) is 8.40. The van der Waals surface area contributed by atoms with Crippen LogP contribution in [0.25, 0.3) is 0 Å². The summed E-state index contributed by atoms with van der Waals surface area (Å²) in [6.07, 6.45) is -4.00. The van der Waals surface area contributed by atoms with Gasteiger partial charge in [0.05, 0.1) is 13.0 Å². The highest BCUT2D eigenvalue weighted by molar-refractivity contribution is 5.69. The Bertz CT molecular complexity index is 267. The Morgan fingerprint density at radius 3 is 2.28 bits per heavy atom. The third-order valence-corrected chi connectivity index (χ3v) is 2.67. The Kier molecular flexibility index (Phi) is 5.79. The number of nitrogens with two attached hydrogens (primary N) is 1. The lowest BCUT2D eigenvalue weighted by atomic mass is 10.3. The van der Waals surface area contributed by atoms with Gasteiger partial charge in [-0.1, -0.05) is 5.59 Å². The first-order valence-electron chi connectivity index (χ1n) is 5.57. The summed E-state index contributed by atoms with van der Waals surface area (Å²) in [7, 11) is 0. The second-order valence-electron chi connectivity index (χ2n) is 4.07. The van der Waals surface area contributed by atoms with E-state index in [9.17, 15) is 18.0 Å². The van der Waals surface area contributed by atoms with E-state index in [4.69, 9.17) is 5.84 Å². The van der Waals surface area contributed by atoms with E-state index < -0.39 is 18.7 Å². The molecule has 0 aromatic rings. The molecule has 0 bridgehead atoms. The van der Waals surface area contributed by atoms with Gasteiger partial charge < -0.3 is 9.74 Å². The molecule has 6 nitrogen and oxygen atoms in total. The number of nitrogens with one attached hydrogen (secondary N) is 1. The minimum absolute atomic E-state index is 0.156. The van der Waals surface area contributed by atoms with Crippen molar-refractivity contribution in [3.05, 3.63) is 0 Å². The van der Waals surface area contributed by atoms with Crippen molar-refractivity contribution in [2.45, 2.75) is 12.6 Å². The fraction of sp³-hybridized carbons (Fsp3) is 0.889. The highest BCUT2D eigenvalue weighted by Crippen LogP contribution is 2.17. The topological polar surface area (TPSA) is 70.8 Å². The summed E-state index contributed by atoms with van der Waals surface area (Å²) < 4.78 is 36.4. The first-order valence-corrected chi connectivity index (χ1v) is 5.57. The molecule has 0 atom stereocenters. The molecule has 1 fully saturated rings. The van der Waals surface area contributed by atoms with Crippen LogP contribution in [-0.2, 0) is 9.63 Å². The number of hydrazine groups is 1. The summed E-state index contributed by atoms with van der Waals surface area (Å²) in [5.74, 6) is 4.30. The maximum atomic E-state index is 12.1. The van der Waals surface area contributed by atoms with Gasteiger partial charge >= 0.3 is 12.1 Å². The number of hydrogen-bond donors (Lipinski definition) is 2. The number of halogens is 3. The van der Waals surface area contributed by atoms with Crippen molar-refractivity contribution < 1.29 is 22.8 Å². The molecule has 3 N–H and O–H groups in total. The average Bonchev–Trinajstić information content (AvgIpc) is 2.26. The normalized spacial score (nSPS) is 18.9. The summed E-state index contributed by atoms with van der Waals surface area (Å²) in [5.41, 5.74) is 1.79. The number of nitrogens with zero attached hydrogens (tertiary/aromatic N) is 2. The van der Waals surface area contributed by atoms with Crippen molar-refractivity contribution in [3.8, 4) is 0 Å². The largest absolute Gasteiger partial charge is 0.401 e. The molecule has 0 aromatic carbocycles. The van der Waals surface area contributed by atoms with E-state index in [0.717, 1.165) is 0 Å². The standard InChI is InChI=1S/C9H17F3N4O2/c10-9(11,12)7-16-5-3-15(4-6-16)2-1-8(17)18-14-13/h14H,1-7,13H2. The molecule has 1 rings (SSSR count).